The van der Waals surface area contributed by atoms with E-state index in [1.165, 1.54) is 16.8 Å². The first kappa shape index (κ1) is 11.8. The van der Waals surface area contributed by atoms with E-state index >= 15 is 0 Å². The van der Waals surface area contributed by atoms with E-state index in [0.717, 1.165) is 0 Å². The quantitative estimate of drug-likeness (QED) is 0.947. The van der Waals surface area contributed by atoms with Gasteiger partial charge in [0.05, 0.1) is 22.3 Å². The third-order valence-corrected chi connectivity index (χ3v) is 2.81. The van der Waals surface area contributed by atoms with Gasteiger partial charge >= 0.3 is 5.97 Å². The zero-order valence-corrected chi connectivity index (χ0v) is 10.2. The summed E-state index contributed by atoms with van der Waals surface area (Å²) >= 11 is 3.24. The van der Waals surface area contributed by atoms with Crippen LogP contribution in [0.5, 0.6) is 0 Å². The van der Waals surface area contributed by atoms with Crippen LogP contribution in [0.1, 0.15) is 5.69 Å². The second-order valence-electron chi connectivity index (χ2n) is 3.42. The number of rotatable bonds is 3. The molecule has 6 heteroatoms. The van der Waals surface area contributed by atoms with Gasteiger partial charge in [-0.25, -0.2) is 9.07 Å². The Labute approximate surface area is 105 Å². The van der Waals surface area contributed by atoms with E-state index in [2.05, 4.69) is 21.0 Å². The van der Waals surface area contributed by atoms with Crippen molar-refractivity contribution in [3.8, 4) is 5.69 Å². The Kier molecular flexibility index (Phi) is 3.23. The average Bonchev–Trinajstić information content (AvgIpc) is 2.60. The molecule has 1 heterocycles. The highest BCUT2D eigenvalue weighted by molar-refractivity contribution is 9.10. The zero-order chi connectivity index (χ0) is 12.4. The average molecular weight is 299 g/mol. The fraction of sp³-hybridized carbons (Fsp3) is 0.0909. The molecule has 0 saturated heterocycles. The summed E-state index contributed by atoms with van der Waals surface area (Å²) < 4.78 is 14.9. The molecule has 0 fully saturated rings. The van der Waals surface area contributed by atoms with E-state index in [1.807, 2.05) is 0 Å². The van der Waals surface area contributed by atoms with Crippen LogP contribution in [-0.4, -0.2) is 20.9 Å². The van der Waals surface area contributed by atoms with Crippen molar-refractivity contribution in [2.24, 2.45) is 0 Å². The molecule has 0 amide bonds. The molecule has 1 aromatic heterocycles. The Morgan fingerprint density at radius 3 is 2.65 bits per heavy atom. The number of carboxylic acid groups (broad SMARTS) is 1. The van der Waals surface area contributed by atoms with E-state index in [4.69, 9.17) is 5.11 Å². The van der Waals surface area contributed by atoms with Crippen molar-refractivity contribution in [3.63, 3.8) is 0 Å². The molecule has 0 spiro atoms. The van der Waals surface area contributed by atoms with Crippen LogP contribution in [0.2, 0.25) is 0 Å². The molecule has 1 N–H and O–H groups in total. The summed E-state index contributed by atoms with van der Waals surface area (Å²) in [7, 11) is 0. The minimum atomic E-state index is -0.949. The van der Waals surface area contributed by atoms with Gasteiger partial charge in [0.1, 0.15) is 5.82 Å². The van der Waals surface area contributed by atoms with Gasteiger partial charge in [-0.05, 0) is 40.2 Å². The van der Waals surface area contributed by atoms with Crippen LogP contribution < -0.4 is 0 Å². The SMILES string of the molecule is O=C(O)Cc1nn(-c2ccc(F)cc2)cc1Br. The fourth-order valence-corrected chi connectivity index (χ4v) is 1.79. The van der Waals surface area contributed by atoms with Gasteiger partial charge in [-0.2, -0.15) is 5.10 Å². The molecule has 0 aliphatic heterocycles. The molecule has 0 atom stereocenters. The molecule has 0 aliphatic carbocycles. The molecule has 88 valence electrons. The molecule has 1 aromatic carbocycles. The van der Waals surface area contributed by atoms with Gasteiger partial charge < -0.3 is 5.11 Å². The first-order valence-electron chi connectivity index (χ1n) is 4.78. The Balaban J connectivity index is 2.34. The summed E-state index contributed by atoms with van der Waals surface area (Å²) in [4.78, 5) is 10.6. The van der Waals surface area contributed by atoms with Crippen molar-refractivity contribution in [3.05, 3.63) is 46.4 Å². The maximum Gasteiger partial charge on any atom is 0.309 e. The van der Waals surface area contributed by atoms with E-state index < -0.39 is 5.97 Å². The lowest BCUT2D eigenvalue weighted by molar-refractivity contribution is -0.136. The second-order valence-corrected chi connectivity index (χ2v) is 4.27. The molecule has 17 heavy (non-hydrogen) atoms. The minimum Gasteiger partial charge on any atom is -0.481 e. The van der Waals surface area contributed by atoms with Crippen LogP contribution in [0, 0.1) is 5.82 Å². The van der Waals surface area contributed by atoms with Gasteiger partial charge in [-0.1, -0.05) is 0 Å². The second kappa shape index (κ2) is 4.67. The lowest BCUT2D eigenvalue weighted by atomic mass is 10.3. The number of carboxylic acids is 1. The molecule has 0 aliphatic rings. The van der Waals surface area contributed by atoms with Crippen LogP contribution in [0.3, 0.4) is 0 Å². The maximum absolute atomic E-state index is 12.7. The normalized spacial score (nSPS) is 10.5. The van der Waals surface area contributed by atoms with Gasteiger partial charge in [-0.3, -0.25) is 4.79 Å². The third kappa shape index (κ3) is 2.71. The topological polar surface area (TPSA) is 55.1 Å². The van der Waals surface area contributed by atoms with Gasteiger partial charge in [0.15, 0.2) is 0 Å². The number of halogens is 2. The molecule has 2 aromatic rings. The van der Waals surface area contributed by atoms with Gasteiger partial charge in [0.25, 0.3) is 0 Å². The zero-order valence-electron chi connectivity index (χ0n) is 8.60. The first-order chi connectivity index (χ1) is 8.06. The third-order valence-electron chi connectivity index (χ3n) is 2.15. The summed E-state index contributed by atoms with van der Waals surface area (Å²) in [6, 6.07) is 5.78. The summed E-state index contributed by atoms with van der Waals surface area (Å²) in [5.41, 5.74) is 1.10. The molecule has 0 bridgehead atoms. The minimum absolute atomic E-state index is 0.158. The highest BCUT2D eigenvalue weighted by Crippen LogP contribution is 2.18. The van der Waals surface area contributed by atoms with E-state index in [-0.39, 0.29) is 12.2 Å². The van der Waals surface area contributed by atoms with E-state index in [0.29, 0.717) is 15.9 Å². The van der Waals surface area contributed by atoms with Crippen LogP contribution in [0.4, 0.5) is 4.39 Å². The van der Waals surface area contributed by atoms with Gasteiger partial charge in [-0.15, -0.1) is 0 Å². The molecule has 0 unspecified atom stereocenters. The first-order valence-corrected chi connectivity index (χ1v) is 5.57. The van der Waals surface area contributed by atoms with Crippen molar-refractivity contribution in [2.75, 3.05) is 0 Å². The van der Waals surface area contributed by atoms with E-state index in [9.17, 15) is 9.18 Å². The lowest BCUT2D eigenvalue weighted by Crippen LogP contribution is -2.02. The predicted octanol–water partition coefficient (Wildman–Crippen LogP) is 2.40. The van der Waals surface area contributed by atoms with Crippen LogP contribution in [0.25, 0.3) is 5.69 Å². The molecule has 2 rings (SSSR count). The summed E-state index contributed by atoms with van der Waals surface area (Å²) in [5.74, 6) is -1.28. The highest BCUT2D eigenvalue weighted by atomic mass is 79.9. The van der Waals surface area contributed by atoms with Crippen LogP contribution in [0.15, 0.2) is 34.9 Å². The number of aromatic nitrogens is 2. The van der Waals surface area contributed by atoms with Crippen molar-refractivity contribution in [2.45, 2.75) is 6.42 Å². The van der Waals surface area contributed by atoms with Crippen molar-refractivity contribution >= 4 is 21.9 Å². The van der Waals surface area contributed by atoms with Crippen molar-refractivity contribution in [1.82, 2.24) is 9.78 Å². The van der Waals surface area contributed by atoms with Crippen molar-refractivity contribution < 1.29 is 14.3 Å². The smallest absolute Gasteiger partial charge is 0.309 e. The lowest BCUT2D eigenvalue weighted by Gasteiger charge is -1.99. The number of hydrogen-bond donors (Lipinski definition) is 1. The molecular weight excluding hydrogens is 291 g/mol. The number of hydrogen-bond acceptors (Lipinski definition) is 2. The predicted molar refractivity (Wildman–Crippen MR) is 62.6 cm³/mol. The number of aliphatic carboxylic acids is 1. The fourth-order valence-electron chi connectivity index (χ4n) is 1.38. The largest absolute Gasteiger partial charge is 0.481 e. The number of benzene rings is 1. The Bertz CT molecular complexity index is 551. The van der Waals surface area contributed by atoms with Crippen molar-refractivity contribution in [1.29, 1.82) is 0 Å². The molecule has 0 saturated carbocycles. The number of carbonyl (C=O) groups is 1. The highest BCUT2D eigenvalue weighted by Gasteiger charge is 2.11. The van der Waals surface area contributed by atoms with E-state index in [1.54, 1.807) is 18.3 Å². The standard InChI is InChI=1S/C11H8BrFN2O2/c12-9-6-15(14-10(9)5-11(16)17)8-3-1-7(13)2-4-8/h1-4,6H,5H2,(H,16,17). The molecular formula is C11H8BrFN2O2. The van der Waals surface area contributed by atoms with Gasteiger partial charge in [0, 0.05) is 6.20 Å². The van der Waals surface area contributed by atoms with Gasteiger partial charge in [0.2, 0.25) is 0 Å². The van der Waals surface area contributed by atoms with Crippen LogP contribution >= 0.6 is 15.9 Å². The molecule has 4 nitrogen and oxygen atoms in total. The Hall–Kier alpha value is -1.69. The summed E-state index contributed by atoms with van der Waals surface area (Å²) in [6.45, 7) is 0. The Morgan fingerprint density at radius 2 is 2.06 bits per heavy atom. The monoisotopic (exact) mass is 298 g/mol. The summed E-state index contributed by atoms with van der Waals surface area (Å²) in [6.07, 6.45) is 1.49. The number of nitrogens with zero attached hydrogens (tertiary/aromatic N) is 2. The summed E-state index contributed by atoms with van der Waals surface area (Å²) in [5, 5.41) is 12.8. The molecule has 0 radical (unpaired) electrons. The van der Waals surface area contributed by atoms with Crippen LogP contribution in [-0.2, 0) is 11.2 Å². The maximum atomic E-state index is 12.7. The Morgan fingerprint density at radius 1 is 1.41 bits per heavy atom.